The molecule has 0 radical (unpaired) electrons. The van der Waals surface area contributed by atoms with E-state index in [1.807, 2.05) is 61.5 Å². The fraction of sp³-hybridized carbons (Fsp3) is 0.250. The zero-order valence-electron chi connectivity index (χ0n) is 17.2. The Morgan fingerprint density at radius 2 is 1.90 bits per heavy atom. The number of rotatable bonds is 7. The lowest BCUT2D eigenvalue weighted by atomic mass is 10.0. The number of hydrogen-bond donors (Lipinski definition) is 1. The SMILES string of the molecule is COc1ccc2ccccc2c1/C=N/NC(=O)COc1cc(C)ccc1C(C)C. The van der Waals surface area contributed by atoms with Crippen LogP contribution in [0.15, 0.2) is 59.7 Å². The molecule has 0 saturated heterocycles. The van der Waals surface area contributed by atoms with Gasteiger partial charge in [0, 0.05) is 5.56 Å². The summed E-state index contributed by atoms with van der Waals surface area (Å²) in [4.78, 5) is 12.2. The average Bonchev–Trinajstić information content (AvgIpc) is 2.72. The Kier molecular flexibility index (Phi) is 6.50. The van der Waals surface area contributed by atoms with E-state index in [1.165, 1.54) is 0 Å². The van der Waals surface area contributed by atoms with Crippen molar-refractivity contribution in [2.45, 2.75) is 26.7 Å². The minimum absolute atomic E-state index is 0.104. The molecule has 3 aromatic carbocycles. The average molecular weight is 390 g/mol. The largest absolute Gasteiger partial charge is 0.496 e. The predicted octanol–water partition coefficient (Wildman–Crippen LogP) is 4.81. The van der Waals surface area contributed by atoms with Crippen molar-refractivity contribution in [3.05, 3.63) is 71.3 Å². The summed E-state index contributed by atoms with van der Waals surface area (Å²) in [6.07, 6.45) is 1.60. The number of fused-ring (bicyclic) bond motifs is 1. The summed E-state index contributed by atoms with van der Waals surface area (Å²) in [5, 5.41) is 6.18. The van der Waals surface area contributed by atoms with E-state index in [-0.39, 0.29) is 12.5 Å². The van der Waals surface area contributed by atoms with Gasteiger partial charge in [-0.1, -0.05) is 56.3 Å². The molecule has 0 aromatic heterocycles. The topological polar surface area (TPSA) is 59.9 Å². The predicted molar refractivity (Wildman–Crippen MR) is 117 cm³/mol. The van der Waals surface area contributed by atoms with E-state index in [2.05, 4.69) is 24.4 Å². The van der Waals surface area contributed by atoms with E-state index < -0.39 is 0 Å². The van der Waals surface area contributed by atoms with Gasteiger partial charge in [0.1, 0.15) is 11.5 Å². The van der Waals surface area contributed by atoms with Crippen molar-refractivity contribution in [2.75, 3.05) is 13.7 Å². The second kappa shape index (κ2) is 9.24. The van der Waals surface area contributed by atoms with Crippen molar-refractivity contribution >= 4 is 22.9 Å². The van der Waals surface area contributed by atoms with Gasteiger partial charge in [-0.2, -0.15) is 5.10 Å². The highest BCUT2D eigenvalue weighted by molar-refractivity contribution is 6.02. The quantitative estimate of drug-likeness (QED) is 0.465. The normalized spacial score (nSPS) is 11.2. The molecule has 0 heterocycles. The van der Waals surface area contributed by atoms with Gasteiger partial charge in [-0.05, 0) is 46.9 Å². The van der Waals surface area contributed by atoms with Crippen molar-refractivity contribution in [3.63, 3.8) is 0 Å². The molecule has 29 heavy (non-hydrogen) atoms. The number of ether oxygens (including phenoxy) is 2. The van der Waals surface area contributed by atoms with Crippen molar-refractivity contribution in [2.24, 2.45) is 5.10 Å². The van der Waals surface area contributed by atoms with Gasteiger partial charge < -0.3 is 9.47 Å². The lowest BCUT2D eigenvalue weighted by Gasteiger charge is -2.14. The number of carbonyl (C=O) groups is 1. The summed E-state index contributed by atoms with van der Waals surface area (Å²) >= 11 is 0. The van der Waals surface area contributed by atoms with Gasteiger partial charge >= 0.3 is 0 Å². The number of nitrogens with zero attached hydrogens (tertiary/aromatic N) is 1. The standard InChI is InChI=1S/C24H26N2O3/c1-16(2)19-11-9-17(3)13-23(19)29-15-24(27)26-25-14-21-20-8-6-5-7-18(20)10-12-22(21)28-4/h5-14,16H,15H2,1-4H3,(H,26,27)/b25-14+. The minimum Gasteiger partial charge on any atom is -0.496 e. The van der Waals surface area contributed by atoms with E-state index >= 15 is 0 Å². The first kappa shape index (κ1) is 20.4. The van der Waals surface area contributed by atoms with Crippen molar-refractivity contribution < 1.29 is 14.3 Å². The first-order chi connectivity index (χ1) is 14.0. The minimum atomic E-state index is -0.323. The highest BCUT2D eigenvalue weighted by Gasteiger charge is 2.10. The molecule has 150 valence electrons. The Bertz CT molecular complexity index is 1040. The van der Waals surface area contributed by atoms with Crippen LogP contribution in [0.2, 0.25) is 0 Å². The van der Waals surface area contributed by atoms with Crippen molar-refractivity contribution in [1.82, 2.24) is 5.43 Å². The molecule has 0 aliphatic rings. The van der Waals surface area contributed by atoms with Crippen LogP contribution in [0, 0.1) is 6.92 Å². The molecule has 0 spiro atoms. The molecule has 0 saturated carbocycles. The lowest BCUT2D eigenvalue weighted by molar-refractivity contribution is -0.123. The number of carbonyl (C=O) groups excluding carboxylic acids is 1. The smallest absolute Gasteiger partial charge is 0.277 e. The zero-order valence-corrected chi connectivity index (χ0v) is 17.2. The molecule has 0 bridgehead atoms. The molecule has 3 rings (SSSR count). The fourth-order valence-corrected chi connectivity index (χ4v) is 3.17. The van der Waals surface area contributed by atoms with E-state index in [0.29, 0.717) is 11.7 Å². The van der Waals surface area contributed by atoms with Crippen LogP contribution >= 0.6 is 0 Å². The van der Waals surface area contributed by atoms with Crippen molar-refractivity contribution in [1.29, 1.82) is 0 Å². The van der Waals surface area contributed by atoms with Gasteiger partial charge in [-0.25, -0.2) is 5.43 Å². The van der Waals surface area contributed by atoms with Crippen LogP contribution in [-0.2, 0) is 4.79 Å². The zero-order chi connectivity index (χ0) is 20.8. The molecular formula is C24H26N2O3. The third-order valence-corrected chi connectivity index (χ3v) is 4.68. The third-order valence-electron chi connectivity index (χ3n) is 4.68. The summed E-state index contributed by atoms with van der Waals surface area (Å²) < 4.78 is 11.2. The summed E-state index contributed by atoms with van der Waals surface area (Å²) in [6, 6.07) is 17.9. The molecule has 0 fully saturated rings. The molecule has 3 aromatic rings. The van der Waals surface area contributed by atoms with Gasteiger partial charge in [-0.3, -0.25) is 4.79 Å². The highest BCUT2D eigenvalue weighted by Crippen LogP contribution is 2.28. The Hall–Kier alpha value is -3.34. The summed E-state index contributed by atoms with van der Waals surface area (Å²) in [5.74, 6) is 1.41. The van der Waals surface area contributed by atoms with Gasteiger partial charge in [-0.15, -0.1) is 0 Å². The summed E-state index contributed by atoms with van der Waals surface area (Å²) in [6.45, 7) is 6.09. The number of hydrazone groups is 1. The molecule has 0 aliphatic carbocycles. The molecule has 5 nitrogen and oxygen atoms in total. The van der Waals surface area contributed by atoms with E-state index in [0.717, 1.165) is 33.2 Å². The van der Waals surface area contributed by atoms with Crippen LogP contribution in [0.5, 0.6) is 11.5 Å². The molecule has 0 atom stereocenters. The molecular weight excluding hydrogens is 364 g/mol. The van der Waals surface area contributed by atoms with E-state index in [1.54, 1.807) is 13.3 Å². The molecule has 1 N–H and O–H groups in total. The maximum absolute atomic E-state index is 12.2. The maximum Gasteiger partial charge on any atom is 0.277 e. The molecule has 1 amide bonds. The van der Waals surface area contributed by atoms with Crippen LogP contribution in [0.1, 0.15) is 36.5 Å². The summed E-state index contributed by atoms with van der Waals surface area (Å²) in [7, 11) is 1.61. The number of amides is 1. The number of benzene rings is 3. The van der Waals surface area contributed by atoms with Gasteiger partial charge in [0.05, 0.1) is 13.3 Å². The van der Waals surface area contributed by atoms with Crippen LogP contribution in [0.4, 0.5) is 0 Å². The highest BCUT2D eigenvalue weighted by atomic mass is 16.5. The fourth-order valence-electron chi connectivity index (χ4n) is 3.17. The first-order valence-electron chi connectivity index (χ1n) is 9.60. The van der Waals surface area contributed by atoms with Crippen molar-refractivity contribution in [3.8, 4) is 11.5 Å². The third kappa shape index (κ3) is 4.93. The lowest BCUT2D eigenvalue weighted by Crippen LogP contribution is -2.25. The molecule has 0 unspecified atom stereocenters. The first-order valence-corrected chi connectivity index (χ1v) is 9.60. The van der Waals surface area contributed by atoms with Gasteiger partial charge in [0.25, 0.3) is 5.91 Å². The van der Waals surface area contributed by atoms with E-state index in [9.17, 15) is 4.79 Å². The van der Waals surface area contributed by atoms with Gasteiger partial charge in [0.2, 0.25) is 0 Å². The summed E-state index contributed by atoms with van der Waals surface area (Å²) in [5.41, 5.74) is 5.51. The Balaban J connectivity index is 1.68. The second-order valence-electron chi connectivity index (χ2n) is 7.18. The van der Waals surface area contributed by atoms with E-state index in [4.69, 9.17) is 9.47 Å². The van der Waals surface area contributed by atoms with Crippen LogP contribution in [0.25, 0.3) is 10.8 Å². The Morgan fingerprint density at radius 1 is 1.10 bits per heavy atom. The van der Waals surface area contributed by atoms with Crippen LogP contribution < -0.4 is 14.9 Å². The van der Waals surface area contributed by atoms with Crippen LogP contribution in [0.3, 0.4) is 0 Å². The number of methoxy groups -OCH3 is 1. The second-order valence-corrected chi connectivity index (χ2v) is 7.18. The maximum atomic E-state index is 12.2. The van der Waals surface area contributed by atoms with Gasteiger partial charge in [0.15, 0.2) is 6.61 Å². The number of nitrogens with one attached hydrogen (secondary N) is 1. The molecule has 5 heteroatoms. The number of aryl methyl sites for hydroxylation is 1. The Labute approximate surface area is 171 Å². The number of hydrogen-bond acceptors (Lipinski definition) is 4. The van der Waals surface area contributed by atoms with Crippen LogP contribution in [-0.4, -0.2) is 25.8 Å². The Morgan fingerprint density at radius 3 is 2.66 bits per heavy atom. The molecule has 0 aliphatic heterocycles. The monoisotopic (exact) mass is 390 g/mol.